The van der Waals surface area contributed by atoms with Crippen LogP contribution in [0.15, 0.2) is 48.8 Å². The Hall–Kier alpha value is -3.16. The minimum absolute atomic E-state index is 0.00904. The van der Waals surface area contributed by atoms with Gasteiger partial charge in [0.2, 0.25) is 0 Å². The van der Waals surface area contributed by atoms with E-state index in [1.165, 1.54) is 6.07 Å². The summed E-state index contributed by atoms with van der Waals surface area (Å²) in [5, 5.41) is 4.25. The van der Waals surface area contributed by atoms with E-state index >= 15 is 0 Å². The topological polar surface area (TPSA) is 51.0 Å². The van der Waals surface area contributed by atoms with Crippen molar-refractivity contribution in [3.05, 3.63) is 71.2 Å². The molecule has 0 radical (unpaired) electrons. The van der Waals surface area contributed by atoms with Crippen LogP contribution in [-0.4, -0.2) is 38.2 Å². The largest absolute Gasteiger partial charge is 0.417 e. The molecule has 0 spiro atoms. The maximum atomic E-state index is 13.9. The number of alkyl halides is 3. The summed E-state index contributed by atoms with van der Waals surface area (Å²) in [5.41, 5.74) is 3.22. The van der Waals surface area contributed by atoms with Gasteiger partial charge >= 0.3 is 6.18 Å². The SMILES string of the molecule is Cc1ccc(-c2ccnn2C)c(C(=O)N2CCC[C@@H](C)[C@H]2CCc2ccc(C(F)(F)F)cn2)c1. The fourth-order valence-electron chi connectivity index (χ4n) is 4.83. The van der Waals surface area contributed by atoms with Crippen LogP contribution in [-0.2, 0) is 19.6 Å². The number of aromatic nitrogens is 3. The van der Waals surface area contributed by atoms with Crippen molar-refractivity contribution in [2.45, 2.75) is 51.7 Å². The van der Waals surface area contributed by atoms with Crippen LogP contribution in [0.3, 0.4) is 0 Å². The van der Waals surface area contributed by atoms with Crippen LogP contribution in [0.4, 0.5) is 13.2 Å². The van der Waals surface area contributed by atoms with Crippen molar-refractivity contribution in [3.63, 3.8) is 0 Å². The molecule has 2 aromatic heterocycles. The maximum absolute atomic E-state index is 13.9. The molecule has 3 heterocycles. The summed E-state index contributed by atoms with van der Waals surface area (Å²) in [5.74, 6) is 0.272. The molecule has 4 rings (SSSR count). The molecule has 1 aliphatic rings. The van der Waals surface area contributed by atoms with Gasteiger partial charge < -0.3 is 4.90 Å². The van der Waals surface area contributed by atoms with Crippen molar-refractivity contribution in [1.29, 1.82) is 0 Å². The van der Waals surface area contributed by atoms with Gasteiger partial charge in [0, 0.05) is 48.8 Å². The Balaban J connectivity index is 1.58. The Morgan fingerprint density at radius 1 is 1.18 bits per heavy atom. The first kappa shape index (κ1) is 24.0. The van der Waals surface area contributed by atoms with Gasteiger partial charge in [0.15, 0.2) is 0 Å². The Morgan fingerprint density at radius 2 is 1.97 bits per heavy atom. The molecule has 1 aliphatic heterocycles. The lowest BCUT2D eigenvalue weighted by Crippen LogP contribution is -2.48. The molecule has 1 fully saturated rings. The third kappa shape index (κ3) is 5.00. The molecule has 0 saturated carbocycles. The zero-order valence-electron chi connectivity index (χ0n) is 19.6. The molecule has 0 aliphatic carbocycles. The number of benzene rings is 1. The quantitative estimate of drug-likeness (QED) is 0.482. The second kappa shape index (κ2) is 9.60. The van der Waals surface area contributed by atoms with Crippen LogP contribution < -0.4 is 0 Å². The number of nitrogens with zero attached hydrogens (tertiary/aromatic N) is 4. The number of carbonyl (C=O) groups is 1. The van der Waals surface area contributed by atoms with E-state index in [0.717, 1.165) is 41.9 Å². The first-order chi connectivity index (χ1) is 16.1. The summed E-state index contributed by atoms with van der Waals surface area (Å²) in [6, 6.07) is 10.3. The van der Waals surface area contributed by atoms with Crippen molar-refractivity contribution in [1.82, 2.24) is 19.7 Å². The van der Waals surface area contributed by atoms with E-state index < -0.39 is 11.7 Å². The second-order valence-electron chi connectivity index (χ2n) is 9.15. The van der Waals surface area contributed by atoms with Crippen molar-refractivity contribution >= 4 is 5.91 Å². The molecule has 180 valence electrons. The lowest BCUT2D eigenvalue weighted by molar-refractivity contribution is -0.137. The van der Waals surface area contributed by atoms with Gasteiger partial charge in [0.25, 0.3) is 5.91 Å². The normalized spacial score (nSPS) is 18.8. The predicted molar refractivity (Wildman–Crippen MR) is 124 cm³/mol. The molecule has 8 heteroatoms. The van der Waals surface area contributed by atoms with Crippen LogP contribution in [0.5, 0.6) is 0 Å². The lowest BCUT2D eigenvalue weighted by Gasteiger charge is -2.40. The van der Waals surface area contributed by atoms with Gasteiger partial charge in [-0.1, -0.05) is 24.6 Å². The van der Waals surface area contributed by atoms with Crippen molar-refractivity contribution < 1.29 is 18.0 Å². The third-order valence-corrected chi connectivity index (χ3v) is 6.73. The molecule has 34 heavy (non-hydrogen) atoms. The molecule has 1 amide bonds. The molecule has 0 bridgehead atoms. The van der Waals surface area contributed by atoms with Gasteiger partial charge in [-0.3, -0.25) is 14.5 Å². The molecule has 0 N–H and O–H groups in total. The Bertz CT molecular complexity index is 1150. The average molecular weight is 471 g/mol. The molecule has 5 nitrogen and oxygen atoms in total. The van der Waals surface area contributed by atoms with Crippen molar-refractivity contribution in [3.8, 4) is 11.3 Å². The second-order valence-corrected chi connectivity index (χ2v) is 9.15. The fraction of sp³-hybridized carbons (Fsp3) is 0.423. The van der Waals surface area contributed by atoms with Crippen molar-refractivity contribution in [2.75, 3.05) is 6.54 Å². The maximum Gasteiger partial charge on any atom is 0.417 e. The van der Waals surface area contributed by atoms with Crippen LogP contribution in [0.2, 0.25) is 0 Å². The van der Waals surface area contributed by atoms with E-state index in [1.54, 1.807) is 10.9 Å². The van der Waals surface area contributed by atoms with Crippen LogP contribution >= 0.6 is 0 Å². The summed E-state index contributed by atoms with van der Waals surface area (Å²) in [6.45, 7) is 4.77. The van der Waals surface area contributed by atoms with Crippen LogP contribution in [0.1, 0.15) is 53.4 Å². The van der Waals surface area contributed by atoms with Crippen LogP contribution in [0.25, 0.3) is 11.3 Å². The van der Waals surface area contributed by atoms with Crippen LogP contribution in [0, 0.1) is 12.8 Å². The Labute approximate surface area is 197 Å². The molecule has 0 unspecified atom stereocenters. The number of likely N-dealkylation sites (tertiary alicyclic amines) is 1. The smallest absolute Gasteiger partial charge is 0.335 e. The van der Waals surface area contributed by atoms with E-state index in [2.05, 4.69) is 17.0 Å². The molecule has 2 atom stereocenters. The van der Waals surface area contributed by atoms with E-state index in [-0.39, 0.29) is 17.9 Å². The van der Waals surface area contributed by atoms with Gasteiger partial charge in [-0.15, -0.1) is 0 Å². The molecule has 1 aromatic carbocycles. The highest BCUT2D eigenvalue weighted by molar-refractivity contribution is 6.01. The van der Waals surface area contributed by atoms with Gasteiger partial charge in [0.05, 0.1) is 11.3 Å². The molecular formula is C26H29F3N4O. The van der Waals surface area contributed by atoms with Gasteiger partial charge in [-0.25, -0.2) is 0 Å². The molecule has 1 saturated heterocycles. The number of aryl methyl sites for hydroxylation is 3. The van der Waals surface area contributed by atoms with Crippen molar-refractivity contribution in [2.24, 2.45) is 13.0 Å². The summed E-state index contributed by atoms with van der Waals surface area (Å²) in [7, 11) is 1.85. The standard InChI is InChI=1S/C26H29F3N4O/c1-17-6-10-21(24-12-13-31-32(24)3)22(15-17)25(34)33-14-4-5-18(2)23(33)11-9-20-8-7-19(16-30-20)26(27,28)29/h6-8,10,12-13,15-16,18,23H,4-5,9,11,14H2,1-3H3/t18-,23-/m1/s1. The summed E-state index contributed by atoms with van der Waals surface area (Å²) < 4.78 is 40.3. The predicted octanol–water partition coefficient (Wildman–Crippen LogP) is 5.68. The van der Waals surface area contributed by atoms with Gasteiger partial charge in [-0.05, 0) is 62.8 Å². The Kier molecular flexibility index (Phi) is 6.77. The highest BCUT2D eigenvalue weighted by Crippen LogP contribution is 2.32. The van der Waals surface area contributed by atoms with E-state index in [9.17, 15) is 18.0 Å². The third-order valence-electron chi connectivity index (χ3n) is 6.73. The number of halogens is 3. The number of rotatable bonds is 5. The number of pyridine rings is 1. The number of amides is 1. The zero-order chi connectivity index (χ0) is 24.5. The van der Waals surface area contributed by atoms with E-state index in [0.29, 0.717) is 30.6 Å². The lowest BCUT2D eigenvalue weighted by atomic mass is 9.86. The average Bonchev–Trinajstić information content (AvgIpc) is 3.23. The number of hydrogen-bond donors (Lipinski definition) is 0. The molecule has 3 aromatic rings. The fourth-order valence-corrected chi connectivity index (χ4v) is 4.83. The first-order valence-electron chi connectivity index (χ1n) is 11.6. The first-order valence-corrected chi connectivity index (χ1v) is 11.6. The summed E-state index contributed by atoms with van der Waals surface area (Å²) in [4.78, 5) is 19.8. The van der Waals surface area contributed by atoms with E-state index in [4.69, 9.17) is 0 Å². The monoisotopic (exact) mass is 470 g/mol. The van der Waals surface area contributed by atoms with Gasteiger partial charge in [-0.2, -0.15) is 18.3 Å². The van der Waals surface area contributed by atoms with Gasteiger partial charge in [0.1, 0.15) is 0 Å². The minimum atomic E-state index is -4.40. The molecular weight excluding hydrogens is 441 g/mol. The minimum Gasteiger partial charge on any atom is -0.335 e. The Morgan fingerprint density at radius 3 is 2.62 bits per heavy atom. The number of piperidine rings is 1. The van der Waals surface area contributed by atoms with E-state index in [1.807, 2.05) is 43.1 Å². The summed E-state index contributed by atoms with van der Waals surface area (Å²) in [6.07, 6.45) is 1.30. The summed E-state index contributed by atoms with van der Waals surface area (Å²) >= 11 is 0. The highest BCUT2D eigenvalue weighted by Gasteiger charge is 2.34. The zero-order valence-corrected chi connectivity index (χ0v) is 19.6. The number of hydrogen-bond acceptors (Lipinski definition) is 3. The number of carbonyl (C=O) groups excluding carboxylic acids is 1. The highest BCUT2D eigenvalue weighted by atomic mass is 19.4.